The van der Waals surface area contributed by atoms with E-state index in [0.29, 0.717) is 6.61 Å². The summed E-state index contributed by atoms with van der Waals surface area (Å²) in [6, 6.07) is 0. The number of carbonyl (C=O) groups is 2. The van der Waals surface area contributed by atoms with Crippen molar-refractivity contribution in [2.24, 2.45) is 0 Å². The average molecular weight is 170 g/mol. The van der Waals surface area contributed by atoms with E-state index in [0.717, 1.165) is 0 Å². The molecule has 0 spiro atoms. The number of hydrogen-bond donors (Lipinski definition) is 0. The first kappa shape index (κ1) is 13.4. The summed E-state index contributed by atoms with van der Waals surface area (Å²) in [6.07, 6.45) is -0.103. The third-order valence-corrected chi connectivity index (χ3v) is 0.699. The van der Waals surface area contributed by atoms with E-state index in [1.54, 1.807) is 6.92 Å². The van der Waals surface area contributed by atoms with Crippen LogP contribution < -0.4 is 0 Å². The van der Waals surface area contributed by atoms with Gasteiger partial charge < -0.3 is 4.74 Å². The molecule has 3 nitrogen and oxygen atoms in total. The number of carbonyl (C=O) groups excluding carboxylic acids is 2. The maximum atomic E-state index is 10.4. The third kappa shape index (κ3) is 8.78. The van der Waals surface area contributed by atoms with Gasteiger partial charge in [0.15, 0.2) is 0 Å². The van der Waals surface area contributed by atoms with Gasteiger partial charge in [-0.05, 0) is 13.8 Å². The molecule has 0 aliphatic heterocycles. The minimum absolute atomic E-state index is 0. The van der Waals surface area contributed by atoms with Crippen LogP contribution in [0.1, 0.15) is 20.3 Å². The molecule has 0 atom stereocenters. The second-order valence-corrected chi connectivity index (χ2v) is 1.68. The molecule has 0 aliphatic carbocycles. The van der Waals surface area contributed by atoms with Crippen molar-refractivity contribution in [3.8, 4) is 0 Å². The summed E-state index contributed by atoms with van der Waals surface area (Å²) in [5.41, 5.74) is 0. The predicted octanol–water partition coefficient (Wildman–Crippen LogP) is -0.120. The number of Topliss-reactive ketones (excluding diaryl/α,β-unsaturated/α-hetero) is 1. The van der Waals surface area contributed by atoms with E-state index in [2.05, 4.69) is 4.74 Å². The van der Waals surface area contributed by atoms with Crippen molar-refractivity contribution in [1.82, 2.24) is 0 Å². The van der Waals surface area contributed by atoms with Crippen LogP contribution in [0.25, 0.3) is 0 Å². The fourth-order valence-corrected chi connectivity index (χ4v) is 0.415. The zero-order chi connectivity index (χ0) is 7.28. The van der Waals surface area contributed by atoms with Gasteiger partial charge in [0.25, 0.3) is 0 Å². The molecule has 0 aromatic rings. The van der Waals surface area contributed by atoms with Crippen LogP contribution in [0.2, 0.25) is 0 Å². The second kappa shape index (κ2) is 7.88. The number of hydrogen-bond acceptors (Lipinski definition) is 3. The summed E-state index contributed by atoms with van der Waals surface area (Å²) in [4.78, 5) is 20.6. The van der Waals surface area contributed by atoms with Crippen LogP contribution in [0, 0.1) is 0 Å². The van der Waals surface area contributed by atoms with Crippen molar-refractivity contribution in [2.75, 3.05) is 6.61 Å². The van der Waals surface area contributed by atoms with E-state index in [1.807, 2.05) is 0 Å². The van der Waals surface area contributed by atoms with Crippen molar-refractivity contribution >= 4 is 63.1 Å². The summed E-state index contributed by atoms with van der Waals surface area (Å²) in [5.74, 6) is -0.599. The Hall–Kier alpha value is 0.776. The summed E-state index contributed by atoms with van der Waals surface area (Å²) >= 11 is 0. The van der Waals surface area contributed by atoms with Gasteiger partial charge in [-0.15, -0.1) is 0 Å². The Kier molecular flexibility index (Phi) is 10.5. The van der Waals surface area contributed by atoms with Gasteiger partial charge in [0.05, 0.1) is 6.61 Å². The third-order valence-electron chi connectivity index (χ3n) is 0.699. The average Bonchev–Trinajstić information content (AvgIpc) is 1.63. The molecule has 10 heavy (non-hydrogen) atoms. The van der Waals surface area contributed by atoms with Crippen LogP contribution in [0.5, 0.6) is 0 Å². The van der Waals surface area contributed by atoms with Crippen LogP contribution in [-0.2, 0) is 14.3 Å². The van der Waals surface area contributed by atoms with Gasteiger partial charge in [0, 0.05) is 0 Å². The van der Waals surface area contributed by atoms with Crippen molar-refractivity contribution < 1.29 is 14.3 Å². The minimum atomic E-state index is -0.440. The number of ketones is 1. The molecule has 0 aliphatic rings. The van der Waals surface area contributed by atoms with Crippen LogP contribution in [0.3, 0.4) is 0 Å². The molecule has 0 bridgehead atoms. The van der Waals surface area contributed by atoms with Gasteiger partial charge >= 0.3 is 57.4 Å². The predicted molar refractivity (Wildman–Crippen MR) is 39.1 cm³/mol. The monoisotopic (exact) mass is 170 g/mol. The molecule has 0 heterocycles. The standard InChI is InChI=1S/C6H10O3.K.H/c1-3-9-6(8)4-5(2)7;;/h3-4H2,1-2H3;;. The molecule has 0 amide bonds. The van der Waals surface area contributed by atoms with E-state index >= 15 is 0 Å². The van der Waals surface area contributed by atoms with Gasteiger partial charge in [-0.25, -0.2) is 0 Å². The summed E-state index contributed by atoms with van der Waals surface area (Å²) in [6.45, 7) is 3.40. The van der Waals surface area contributed by atoms with E-state index in [-0.39, 0.29) is 63.6 Å². The molecule has 0 aromatic heterocycles. The first-order valence-electron chi connectivity index (χ1n) is 2.82. The molecule has 0 saturated carbocycles. The van der Waals surface area contributed by atoms with Gasteiger partial charge in [-0.2, -0.15) is 0 Å². The molecule has 0 N–H and O–H groups in total. The topological polar surface area (TPSA) is 43.4 Å². The molecular formula is C6H11KO3. The van der Waals surface area contributed by atoms with E-state index in [4.69, 9.17) is 0 Å². The quantitative estimate of drug-likeness (QED) is 0.337. The molecule has 0 rings (SSSR count). The van der Waals surface area contributed by atoms with Crippen molar-refractivity contribution in [2.45, 2.75) is 20.3 Å². The van der Waals surface area contributed by atoms with Crippen LogP contribution in [0.15, 0.2) is 0 Å². The Bertz CT molecular complexity index is 122. The molecular weight excluding hydrogens is 159 g/mol. The number of ether oxygens (including phenoxy) is 1. The Labute approximate surface area is 103 Å². The van der Waals surface area contributed by atoms with Gasteiger partial charge in [-0.1, -0.05) is 0 Å². The Morgan fingerprint density at radius 1 is 1.40 bits per heavy atom. The van der Waals surface area contributed by atoms with Gasteiger partial charge in [0.1, 0.15) is 12.2 Å². The summed E-state index contributed by atoms with van der Waals surface area (Å²) in [7, 11) is 0. The SMILES string of the molecule is CCOC(=O)CC(C)=O.[KH]. The van der Waals surface area contributed by atoms with Crippen molar-refractivity contribution in [3.63, 3.8) is 0 Å². The summed E-state index contributed by atoms with van der Waals surface area (Å²) in [5, 5.41) is 0. The Morgan fingerprint density at radius 2 is 1.90 bits per heavy atom. The normalized spacial score (nSPS) is 7.80. The zero-order valence-corrected chi connectivity index (χ0v) is 5.64. The fraction of sp³-hybridized carbons (Fsp3) is 0.667. The number of rotatable bonds is 3. The second-order valence-electron chi connectivity index (χ2n) is 1.68. The first-order chi connectivity index (χ1) is 4.16. The maximum absolute atomic E-state index is 10.4. The van der Waals surface area contributed by atoms with Crippen LogP contribution >= 0.6 is 0 Å². The Balaban J connectivity index is 0. The van der Waals surface area contributed by atoms with Crippen molar-refractivity contribution in [3.05, 3.63) is 0 Å². The molecule has 0 radical (unpaired) electrons. The number of esters is 1. The molecule has 0 aromatic carbocycles. The van der Waals surface area contributed by atoms with Gasteiger partial charge in [0.2, 0.25) is 0 Å². The molecule has 54 valence electrons. The molecule has 0 fully saturated rings. The molecule has 4 heteroatoms. The fourth-order valence-electron chi connectivity index (χ4n) is 0.415. The Morgan fingerprint density at radius 3 is 2.20 bits per heavy atom. The zero-order valence-electron chi connectivity index (χ0n) is 5.64. The van der Waals surface area contributed by atoms with E-state index in [9.17, 15) is 9.59 Å². The molecule has 0 unspecified atom stereocenters. The van der Waals surface area contributed by atoms with Crippen LogP contribution in [0.4, 0.5) is 0 Å². The summed E-state index contributed by atoms with van der Waals surface area (Å²) < 4.78 is 4.49. The molecule has 0 saturated heterocycles. The van der Waals surface area contributed by atoms with Crippen LogP contribution in [-0.4, -0.2) is 69.7 Å². The van der Waals surface area contributed by atoms with E-state index in [1.165, 1.54) is 6.92 Å². The van der Waals surface area contributed by atoms with E-state index < -0.39 is 5.97 Å². The first-order valence-corrected chi connectivity index (χ1v) is 2.82. The van der Waals surface area contributed by atoms with Gasteiger partial charge in [-0.3, -0.25) is 9.59 Å². The van der Waals surface area contributed by atoms with Crippen molar-refractivity contribution in [1.29, 1.82) is 0 Å².